The van der Waals surface area contributed by atoms with E-state index in [9.17, 15) is 4.79 Å². The molecule has 3 aromatic heterocycles. The highest BCUT2D eigenvalue weighted by atomic mass is 127. The van der Waals surface area contributed by atoms with Gasteiger partial charge in [-0.3, -0.25) is 13.8 Å². The van der Waals surface area contributed by atoms with E-state index < -0.39 is 0 Å². The molecular formula is C11H7IN6O2. The maximum absolute atomic E-state index is 11.2. The van der Waals surface area contributed by atoms with Crippen LogP contribution in [0.3, 0.4) is 0 Å². The first-order valence-electron chi connectivity index (χ1n) is 5.47. The van der Waals surface area contributed by atoms with E-state index in [2.05, 4.69) is 29.0 Å². The van der Waals surface area contributed by atoms with E-state index in [-0.39, 0.29) is 6.03 Å². The van der Waals surface area contributed by atoms with Gasteiger partial charge in [-0.2, -0.15) is 0 Å². The van der Waals surface area contributed by atoms with Crippen molar-refractivity contribution in [1.29, 1.82) is 0 Å². The molecule has 0 spiro atoms. The Morgan fingerprint density at radius 1 is 1.25 bits per heavy atom. The highest BCUT2D eigenvalue weighted by Gasteiger charge is 2.07. The number of nitrogens with one attached hydrogen (secondary N) is 2. The second-order valence-electron chi connectivity index (χ2n) is 3.76. The fraction of sp³-hybridized carbons (Fsp3) is 0. The van der Waals surface area contributed by atoms with Gasteiger partial charge in [-0.1, -0.05) is 5.16 Å². The zero-order valence-corrected chi connectivity index (χ0v) is 12.0. The van der Waals surface area contributed by atoms with Crippen molar-refractivity contribution in [3.8, 4) is 11.3 Å². The number of fused-ring (bicyclic) bond motifs is 1. The zero-order valence-electron chi connectivity index (χ0n) is 9.87. The molecule has 0 aliphatic carbocycles. The fourth-order valence-electron chi connectivity index (χ4n) is 1.58. The Morgan fingerprint density at radius 2 is 2.15 bits per heavy atom. The fourth-order valence-corrected chi connectivity index (χ4v) is 1.71. The van der Waals surface area contributed by atoms with Crippen molar-refractivity contribution in [1.82, 2.24) is 23.6 Å². The van der Waals surface area contributed by atoms with Crippen molar-refractivity contribution in [3.05, 3.63) is 30.8 Å². The number of anilines is 1. The van der Waals surface area contributed by atoms with Crippen LogP contribution >= 0.6 is 22.9 Å². The third kappa shape index (κ3) is 2.52. The van der Waals surface area contributed by atoms with E-state index in [1.54, 1.807) is 47.4 Å². The molecule has 20 heavy (non-hydrogen) atoms. The number of rotatable bonds is 2. The second kappa shape index (κ2) is 5.36. The summed E-state index contributed by atoms with van der Waals surface area (Å²) in [6.07, 6.45) is 4.63. The first-order valence-corrected chi connectivity index (χ1v) is 6.55. The summed E-state index contributed by atoms with van der Waals surface area (Å²) in [7, 11) is 0. The van der Waals surface area contributed by atoms with Gasteiger partial charge in [0.1, 0.15) is 17.6 Å². The maximum Gasteiger partial charge on any atom is 0.329 e. The van der Waals surface area contributed by atoms with Crippen molar-refractivity contribution in [2.75, 3.05) is 5.32 Å². The highest BCUT2D eigenvalue weighted by molar-refractivity contribution is 14.1. The molecule has 0 unspecified atom stereocenters. The van der Waals surface area contributed by atoms with Crippen LogP contribution in [-0.4, -0.2) is 26.1 Å². The van der Waals surface area contributed by atoms with Crippen molar-refractivity contribution in [2.24, 2.45) is 0 Å². The predicted molar refractivity (Wildman–Crippen MR) is 79.0 cm³/mol. The quantitative estimate of drug-likeness (QED) is 0.520. The summed E-state index contributed by atoms with van der Waals surface area (Å²) in [5, 5.41) is 6.19. The number of carbonyl (C=O) groups excluding carboxylic acids is 1. The molecule has 2 N–H and O–H groups in total. The molecule has 3 rings (SSSR count). The molecule has 0 aromatic carbocycles. The molecule has 0 saturated heterocycles. The molecule has 0 bridgehead atoms. The van der Waals surface area contributed by atoms with Crippen LogP contribution in [0, 0.1) is 0 Å². The lowest BCUT2D eigenvalue weighted by Gasteiger charge is -2.04. The number of aromatic nitrogens is 4. The summed E-state index contributed by atoms with van der Waals surface area (Å²) < 4.78 is 7.19. The van der Waals surface area contributed by atoms with Gasteiger partial charge in [0.05, 0.1) is 46.5 Å². The van der Waals surface area contributed by atoms with Gasteiger partial charge >= 0.3 is 6.03 Å². The van der Waals surface area contributed by atoms with E-state index in [1.807, 2.05) is 0 Å². The van der Waals surface area contributed by atoms with Gasteiger partial charge in [0.25, 0.3) is 0 Å². The molecule has 9 heteroatoms. The van der Waals surface area contributed by atoms with E-state index in [4.69, 9.17) is 4.52 Å². The molecule has 0 aliphatic heterocycles. The lowest BCUT2D eigenvalue weighted by Crippen LogP contribution is -2.20. The smallest absolute Gasteiger partial charge is 0.329 e. The van der Waals surface area contributed by atoms with Crippen molar-refractivity contribution in [2.45, 2.75) is 0 Å². The number of amides is 2. The molecule has 3 aromatic rings. The minimum absolute atomic E-state index is 0.361. The highest BCUT2D eigenvalue weighted by Crippen LogP contribution is 2.18. The average molecular weight is 382 g/mol. The Kier molecular flexibility index (Phi) is 3.41. The number of urea groups is 1. The van der Waals surface area contributed by atoms with Crippen molar-refractivity contribution >= 4 is 45.9 Å². The molecule has 0 aliphatic rings. The Labute approximate surface area is 126 Å². The van der Waals surface area contributed by atoms with Gasteiger partial charge in [0.2, 0.25) is 0 Å². The van der Waals surface area contributed by atoms with Crippen LogP contribution in [0.25, 0.3) is 22.4 Å². The summed E-state index contributed by atoms with van der Waals surface area (Å²) in [5.41, 5.74) is 2.37. The van der Waals surface area contributed by atoms with Crippen LogP contribution < -0.4 is 8.85 Å². The molecule has 8 nitrogen and oxygen atoms in total. The predicted octanol–water partition coefficient (Wildman–Crippen LogP) is 2.15. The number of hydrogen-bond acceptors (Lipinski definition) is 6. The third-order valence-electron chi connectivity index (χ3n) is 2.46. The maximum atomic E-state index is 11.2. The number of nitrogens with zero attached hydrogens (tertiary/aromatic N) is 4. The van der Waals surface area contributed by atoms with E-state index >= 15 is 0 Å². The molecule has 0 saturated carbocycles. The largest absolute Gasteiger partial charge is 0.364 e. The summed E-state index contributed by atoms with van der Waals surface area (Å²) in [6, 6.07) is 3.03. The first-order chi connectivity index (χ1) is 9.76. The van der Waals surface area contributed by atoms with E-state index in [1.165, 1.54) is 6.26 Å². The first kappa shape index (κ1) is 12.7. The van der Waals surface area contributed by atoms with Crippen molar-refractivity contribution in [3.63, 3.8) is 0 Å². The number of halogens is 1. The minimum atomic E-state index is -0.361. The molecule has 0 atom stereocenters. The lowest BCUT2D eigenvalue weighted by atomic mass is 10.2. The van der Waals surface area contributed by atoms with Crippen LogP contribution in [0.1, 0.15) is 0 Å². The molecule has 3 heterocycles. The van der Waals surface area contributed by atoms with Crippen LogP contribution in [-0.2, 0) is 0 Å². The van der Waals surface area contributed by atoms with Gasteiger partial charge in [-0.15, -0.1) is 0 Å². The minimum Gasteiger partial charge on any atom is -0.364 e. The zero-order chi connectivity index (χ0) is 13.9. The third-order valence-corrected chi connectivity index (χ3v) is 2.95. The van der Waals surface area contributed by atoms with Gasteiger partial charge in [0, 0.05) is 0 Å². The Balaban J connectivity index is 2.01. The van der Waals surface area contributed by atoms with E-state index in [0.717, 1.165) is 0 Å². The molecule has 2 amide bonds. The standard InChI is InChI=1S/C11H7IN6O2/c12-18-11(19)17-9-2-1-7-10(16-9)15-8(4-13-7)6-3-14-20-5-6/h1-5H,(H2,15,16,17,18,19). The number of hydrogen-bond donors (Lipinski definition) is 2. The van der Waals surface area contributed by atoms with Crippen LogP contribution in [0.15, 0.2) is 35.3 Å². The van der Waals surface area contributed by atoms with Crippen molar-refractivity contribution < 1.29 is 9.32 Å². The SMILES string of the molecule is O=C(NI)Nc1ccc2ncc(-c3cnoc3)nc2n1. The summed E-state index contributed by atoms with van der Waals surface area (Å²) >= 11 is 1.74. The molecule has 0 radical (unpaired) electrons. The molecular weight excluding hydrogens is 375 g/mol. The summed E-state index contributed by atoms with van der Waals surface area (Å²) in [4.78, 5) is 24.1. The normalized spacial score (nSPS) is 10.4. The summed E-state index contributed by atoms with van der Waals surface area (Å²) in [6.45, 7) is 0. The Bertz CT molecular complexity index is 761. The van der Waals surface area contributed by atoms with E-state index in [0.29, 0.717) is 28.2 Å². The molecule has 100 valence electrons. The van der Waals surface area contributed by atoms with Crippen LogP contribution in [0.4, 0.5) is 10.6 Å². The van der Waals surface area contributed by atoms with Crippen LogP contribution in [0.2, 0.25) is 0 Å². The Hall–Kier alpha value is -2.30. The Morgan fingerprint density at radius 3 is 2.90 bits per heavy atom. The monoisotopic (exact) mass is 382 g/mol. The van der Waals surface area contributed by atoms with Gasteiger partial charge in [0.15, 0.2) is 5.65 Å². The number of carbonyl (C=O) groups is 1. The second-order valence-corrected chi connectivity index (χ2v) is 4.30. The average Bonchev–Trinajstić information content (AvgIpc) is 3.00. The van der Waals surface area contributed by atoms with Gasteiger partial charge < -0.3 is 4.52 Å². The summed E-state index contributed by atoms with van der Waals surface area (Å²) in [5.74, 6) is 0.392. The topological polar surface area (TPSA) is 106 Å². The lowest BCUT2D eigenvalue weighted by molar-refractivity contribution is 0.258. The van der Waals surface area contributed by atoms with Gasteiger partial charge in [-0.05, 0) is 12.1 Å². The van der Waals surface area contributed by atoms with Gasteiger partial charge in [-0.25, -0.2) is 14.8 Å². The molecule has 0 fully saturated rings. The van der Waals surface area contributed by atoms with Crippen LogP contribution in [0.5, 0.6) is 0 Å². The number of pyridine rings is 1.